The highest BCUT2D eigenvalue weighted by atomic mass is 32.1. The van der Waals surface area contributed by atoms with Crippen LogP contribution in [0.15, 0.2) is 29.5 Å². The van der Waals surface area contributed by atoms with Crippen LogP contribution in [0.5, 0.6) is 0 Å². The van der Waals surface area contributed by atoms with Crippen molar-refractivity contribution in [2.45, 2.75) is 20.0 Å². The fraction of sp³-hybridized carbons (Fsp3) is 0.429. The summed E-state index contributed by atoms with van der Waals surface area (Å²) in [6.07, 6.45) is 3.97. The SMILES string of the molecule is CN=C(NCc1cnc(C)s1)N(C)Cc1cccn1C. The molecule has 0 aliphatic heterocycles. The molecule has 2 aromatic rings. The van der Waals surface area contributed by atoms with Crippen molar-refractivity contribution in [1.82, 2.24) is 19.8 Å². The van der Waals surface area contributed by atoms with Crippen LogP contribution >= 0.6 is 11.3 Å². The molecule has 0 amide bonds. The maximum atomic E-state index is 4.33. The predicted molar refractivity (Wildman–Crippen MR) is 83.9 cm³/mol. The third kappa shape index (κ3) is 3.60. The van der Waals surface area contributed by atoms with E-state index in [9.17, 15) is 0 Å². The van der Waals surface area contributed by atoms with Crippen molar-refractivity contribution in [3.63, 3.8) is 0 Å². The summed E-state index contributed by atoms with van der Waals surface area (Å²) in [5.41, 5.74) is 1.25. The first kappa shape index (κ1) is 14.6. The molecule has 2 aromatic heterocycles. The number of rotatable bonds is 4. The number of nitrogens with one attached hydrogen (secondary N) is 1. The number of nitrogens with zero attached hydrogens (tertiary/aromatic N) is 4. The van der Waals surface area contributed by atoms with Crippen molar-refractivity contribution >= 4 is 17.3 Å². The lowest BCUT2D eigenvalue weighted by atomic mass is 10.4. The zero-order valence-electron chi connectivity index (χ0n) is 12.4. The van der Waals surface area contributed by atoms with Crippen molar-refractivity contribution in [2.75, 3.05) is 14.1 Å². The maximum absolute atomic E-state index is 4.33. The Balaban J connectivity index is 1.93. The van der Waals surface area contributed by atoms with Gasteiger partial charge in [0.25, 0.3) is 0 Å². The molecule has 0 fully saturated rings. The summed E-state index contributed by atoms with van der Waals surface area (Å²) in [5, 5.41) is 4.46. The summed E-state index contributed by atoms with van der Waals surface area (Å²) in [6, 6.07) is 4.18. The molecular formula is C14H21N5S. The topological polar surface area (TPSA) is 45.5 Å². The number of aromatic nitrogens is 2. The number of guanidine groups is 1. The molecular weight excluding hydrogens is 270 g/mol. The van der Waals surface area contributed by atoms with Gasteiger partial charge in [-0.15, -0.1) is 11.3 Å². The van der Waals surface area contributed by atoms with Crippen LogP contribution in [-0.2, 0) is 20.1 Å². The molecule has 0 bridgehead atoms. The highest BCUT2D eigenvalue weighted by Crippen LogP contribution is 2.11. The summed E-state index contributed by atoms with van der Waals surface area (Å²) in [5.74, 6) is 0.886. The zero-order valence-corrected chi connectivity index (χ0v) is 13.2. The molecule has 6 heteroatoms. The van der Waals surface area contributed by atoms with E-state index < -0.39 is 0 Å². The molecule has 5 nitrogen and oxygen atoms in total. The molecule has 0 aromatic carbocycles. The van der Waals surface area contributed by atoms with Gasteiger partial charge >= 0.3 is 0 Å². The molecule has 0 atom stereocenters. The lowest BCUT2D eigenvalue weighted by Crippen LogP contribution is -2.38. The molecule has 0 spiro atoms. The number of aryl methyl sites for hydroxylation is 2. The largest absolute Gasteiger partial charge is 0.353 e. The quantitative estimate of drug-likeness (QED) is 0.692. The van der Waals surface area contributed by atoms with Crippen molar-refractivity contribution in [2.24, 2.45) is 12.0 Å². The summed E-state index contributed by atoms with van der Waals surface area (Å²) < 4.78 is 2.12. The van der Waals surface area contributed by atoms with Crippen LogP contribution in [0.25, 0.3) is 0 Å². The van der Waals surface area contributed by atoms with Gasteiger partial charge in [0.15, 0.2) is 5.96 Å². The van der Waals surface area contributed by atoms with Gasteiger partial charge in [-0.3, -0.25) is 4.99 Å². The second-order valence-corrected chi connectivity index (χ2v) is 6.03. The summed E-state index contributed by atoms with van der Waals surface area (Å²) >= 11 is 1.71. The second-order valence-electron chi connectivity index (χ2n) is 4.71. The van der Waals surface area contributed by atoms with Crippen molar-refractivity contribution < 1.29 is 0 Å². The number of hydrogen-bond donors (Lipinski definition) is 1. The summed E-state index contributed by atoms with van der Waals surface area (Å²) in [6.45, 7) is 3.60. The number of thiazole rings is 1. The molecule has 0 radical (unpaired) electrons. The van der Waals surface area contributed by atoms with Crippen molar-refractivity contribution in [1.29, 1.82) is 0 Å². The number of aliphatic imine (C=N–C) groups is 1. The number of hydrogen-bond acceptors (Lipinski definition) is 3. The van der Waals surface area contributed by atoms with E-state index >= 15 is 0 Å². The highest BCUT2D eigenvalue weighted by Gasteiger charge is 2.08. The minimum atomic E-state index is 0.760. The molecule has 20 heavy (non-hydrogen) atoms. The predicted octanol–water partition coefficient (Wildman–Crippen LogP) is 2.00. The third-order valence-corrected chi connectivity index (χ3v) is 4.03. The van der Waals surface area contributed by atoms with Crippen molar-refractivity contribution in [3.8, 4) is 0 Å². The molecule has 0 saturated heterocycles. The Bertz CT molecular complexity index is 584. The lowest BCUT2D eigenvalue weighted by Gasteiger charge is -2.22. The molecule has 0 saturated carbocycles. The van der Waals surface area contributed by atoms with Gasteiger partial charge in [0.05, 0.1) is 18.1 Å². The van der Waals surface area contributed by atoms with E-state index in [1.807, 2.05) is 27.2 Å². The van der Waals surface area contributed by atoms with Crippen LogP contribution in [0.3, 0.4) is 0 Å². The Labute approximate surface area is 124 Å². The van der Waals surface area contributed by atoms with Crippen LogP contribution in [-0.4, -0.2) is 34.5 Å². The minimum Gasteiger partial charge on any atom is -0.353 e. The fourth-order valence-corrected chi connectivity index (χ4v) is 2.75. The molecule has 0 unspecified atom stereocenters. The molecule has 0 aliphatic rings. The second kappa shape index (κ2) is 6.56. The van der Waals surface area contributed by atoms with Gasteiger partial charge in [-0.2, -0.15) is 0 Å². The smallest absolute Gasteiger partial charge is 0.194 e. The minimum absolute atomic E-state index is 0.760. The summed E-state index contributed by atoms with van der Waals surface area (Å²) in [7, 11) is 5.90. The maximum Gasteiger partial charge on any atom is 0.194 e. The molecule has 108 valence electrons. The van der Waals surface area contributed by atoms with Gasteiger partial charge < -0.3 is 14.8 Å². The Hall–Kier alpha value is -1.82. The lowest BCUT2D eigenvalue weighted by molar-refractivity contribution is 0.462. The van der Waals surface area contributed by atoms with Gasteiger partial charge in [0.2, 0.25) is 0 Å². The highest BCUT2D eigenvalue weighted by molar-refractivity contribution is 7.11. The van der Waals surface area contributed by atoms with E-state index in [-0.39, 0.29) is 0 Å². The van der Waals surface area contributed by atoms with Gasteiger partial charge in [0, 0.05) is 44.1 Å². The normalized spacial score (nSPS) is 11.7. The van der Waals surface area contributed by atoms with Gasteiger partial charge in [0.1, 0.15) is 0 Å². The van der Waals surface area contributed by atoms with Gasteiger partial charge in [-0.1, -0.05) is 0 Å². The first-order chi connectivity index (χ1) is 9.60. The molecule has 0 aliphatic carbocycles. The first-order valence-corrected chi connectivity index (χ1v) is 7.35. The van der Waals surface area contributed by atoms with E-state index in [2.05, 4.69) is 50.1 Å². The van der Waals surface area contributed by atoms with E-state index in [1.54, 1.807) is 11.3 Å². The fourth-order valence-electron chi connectivity index (χ4n) is 2.02. The van der Waals surface area contributed by atoms with Crippen LogP contribution < -0.4 is 5.32 Å². The van der Waals surface area contributed by atoms with E-state index in [0.29, 0.717) is 0 Å². The molecule has 2 rings (SSSR count). The standard InChI is InChI=1S/C14H21N5S/c1-11-16-8-13(20-11)9-17-14(15-2)19(4)10-12-6-5-7-18(12)3/h5-8H,9-10H2,1-4H3,(H,15,17). The van der Waals surface area contributed by atoms with Gasteiger partial charge in [-0.25, -0.2) is 4.98 Å². The Morgan fingerprint density at radius 2 is 2.35 bits per heavy atom. The van der Waals surface area contributed by atoms with Crippen LogP contribution in [0.2, 0.25) is 0 Å². The average Bonchev–Trinajstić information content (AvgIpc) is 3.00. The Morgan fingerprint density at radius 3 is 2.90 bits per heavy atom. The first-order valence-electron chi connectivity index (χ1n) is 6.53. The molecule has 2 heterocycles. The Morgan fingerprint density at radius 1 is 1.55 bits per heavy atom. The zero-order chi connectivity index (χ0) is 14.5. The van der Waals surface area contributed by atoms with E-state index in [4.69, 9.17) is 0 Å². The third-order valence-electron chi connectivity index (χ3n) is 3.11. The van der Waals surface area contributed by atoms with Crippen LogP contribution in [0.1, 0.15) is 15.6 Å². The summed E-state index contributed by atoms with van der Waals surface area (Å²) in [4.78, 5) is 11.9. The van der Waals surface area contributed by atoms with Crippen LogP contribution in [0.4, 0.5) is 0 Å². The monoisotopic (exact) mass is 291 g/mol. The van der Waals surface area contributed by atoms with Crippen LogP contribution in [0, 0.1) is 6.92 Å². The van der Waals surface area contributed by atoms with E-state index in [0.717, 1.165) is 24.1 Å². The van der Waals surface area contributed by atoms with Crippen molar-refractivity contribution in [3.05, 3.63) is 40.1 Å². The van der Waals surface area contributed by atoms with E-state index in [1.165, 1.54) is 10.6 Å². The molecule has 1 N–H and O–H groups in total. The Kier molecular flexibility index (Phi) is 4.79. The average molecular weight is 291 g/mol. The van der Waals surface area contributed by atoms with Gasteiger partial charge in [-0.05, 0) is 19.1 Å².